The van der Waals surface area contributed by atoms with E-state index in [2.05, 4.69) is 9.55 Å². The first-order valence-corrected chi connectivity index (χ1v) is 7.01. The summed E-state index contributed by atoms with van der Waals surface area (Å²) in [5.74, 6) is 2.03. The number of aryl methyl sites for hydroxylation is 1. The molecule has 1 aromatic heterocycles. The SMILES string of the molecule is CC(=O)N1CCC(CSc2nccn2C)CC1. The van der Waals surface area contributed by atoms with Crippen molar-refractivity contribution in [3.8, 4) is 0 Å². The van der Waals surface area contributed by atoms with Crippen molar-refractivity contribution >= 4 is 17.7 Å². The highest BCUT2D eigenvalue weighted by Crippen LogP contribution is 2.25. The van der Waals surface area contributed by atoms with Crippen molar-refractivity contribution in [2.75, 3.05) is 18.8 Å². The zero-order valence-electron chi connectivity index (χ0n) is 10.4. The highest BCUT2D eigenvalue weighted by molar-refractivity contribution is 7.99. The van der Waals surface area contributed by atoms with Gasteiger partial charge in [-0.25, -0.2) is 4.98 Å². The average Bonchev–Trinajstić information content (AvgIpc) is 2.73. The molecule has 1 aliphatic rings. The predicted octanol–water partition coefficient (Wildman–Crippen LogP) is 1.77. The van der Waals surface area contributed by atoms with Crippen molar-refractivity contribution in [3.63, 3.8) is 0 Å². The van der Waals surface area contributed by atoms with Crippen LogP contribution in [0.2, 0.25) is 0 Å². The third kappa shape index (κ3) is 3.25. The van der Waals surface area contributed by atoms with Crippen molar-refractivity contribution < 1.29 is 4.79 Å². The molecule has 17 heavy (non-hydrogen) atoms. The van der Waals surface area contributed by atoms with Gasteiger partial charge in [-0.15, -0.1) is 0 Å². The minimum Gasteiger partial charge on any atom is -0.343 e. The average molecular weight is 253 g/mol. The van der Waals surface area contributed by atoms with Crippen LogP contribution in [0.3, 0.4) is 0 Å². The zero-order valence-corrected chi connectivity index (χ0v) is 11.2. The second-order valence-corrected chi connectivity index (χ2v) is 5.57. The molecule has 0 atom stereocenters. The Bertz CT molecular complexity index is 383. The van der Waals surface area contributed by atoms with E-state index in [0.29, 0.717) is 5.92 Å². The first-order valence-electron chi connectivity index (χ1n) is 6.02. The van der Waals surface area contributed by atoms with Crippen molar-refractivity contribution in [2.24, 2.45) is 13.0 Å². The van der Waals surface area contributed by atoms with Gasteiger partial charge in [0.25, 0.3) is 0 Å². The lowest BCUT2D eigenvalue weighted by Gasteiger charge is -2.30. The van der Waals surface area contributed by atoms with Crippen LogP contribution < -0.4 is 0 Å². The number of imidazole rings is 1. The van der Waals surface area contributed by atoms with Crippen LogP contribution in [0.4, 0.5) is 0 Å². The fraction of sp³-hybridized carbons (Fsp3) is 0.667. The zero-order chi connectivity index (χ0) is 12.3. The number of aromatic nitrogens is 2. The summed E-state index contributed by atoms with van der Waals surface area (Å²) in [5.41, 5.74) is 0. The molecule has 0 spiro atoms. The van der Waals surface area contributed by atoms with Crippen molar-refractivity contribution in [1.82, 2.24) is 14.5 Å². The van der Waals surface area contributed by atoms with E-state index in [9.17, 15) is 4.79 Å². The highest BCUT2D eigenvalue weighted by atomic mass is 32.2. The number of thioether (sulfide) groups is 1. The molecule has 1 aromatic rings. The molecule has 2 rings (SSSR count). The number of carbonyl (C=O) groups excluding carboxylic acids is 1. The number of amides is 1. The first-order chi connectivity index (χ1) is 8.16. The molecule has 0 bridgehead atoms. The molecule has 0 N–H and O–H groups in total. The maximum absolute atomic E-state index is 11.2. The minimum absolute atomic E-state index is 0.209. The number of rotatable bonds is 3. The molecule has 1 saturated heterocycles. The molecule has 1 aliphatic heterocycles. The number of nitrogens with zero attached hydrogens (tertiary/aromatic N) is 3. The monoisotopic (exact) mass is 253 g/mol. The number of carbonyl (C=O) groups is 1. The number of hydrogen-bond donors (Lipinski definition) is 0. The summed E-state index contributed by atoms with van der Waals surface area (Å²) in [6.07, 6.45) is 6.05. The standard InChI is InChI=1S/C12H19N3OS/c1-10(16)15-6-3-11(4-7-15)9-17-12-13-5-8-14(12)2/h5,8,11H,3-4,6-7,9H2,1-2H3. The highest BCUT2D eigenvalue weighted by Gasteiger charge is 2.20. The van der Waals surface area contributed by atoms with E-state index in [4.69, 9.17) is 0 Å². The lowest BCUT2D eigenvalue weighted by Crippen LogP contribution is -2.37. The van der Waals surface area contributed by atoms with Gasteiger partial charge in [-0.2, -0.15) is 0 Å². The third-order valence-corrected chi connectivity index (χ3v) is 4.57. The summed E-state index contributed by atoms with van der Waals surface area (Å²) in [5, 5.41) is 1.08. The lowest BCUT2D eigenvalue weighted by atomic mass is 9.99. The molecule has 0 unspecified atom stereocenters. The Kier molecular flexibility index (Phi) is 4.10. The normalized spacial score (nSPS) is 17.4. The molecule has 94 valence electrons. The number of hydrogen-bond acceptors (Lipinski definition) is 3. The van der Waals surface area contributed by atoms with Crippen molar-refractivity contribution in [3.05, 3.63) is 12.4 Å². The fourth-order valence-corrected chi connectivity index (χ4v) is 3.22. The van der Waals surface area contributed by atoms with Gasteiger partial charge in [0.15, 0.2) is 5.16 Å². The molecule has 1 amide bonds. The van der Waals surface area contributed by atoms with Gasteiger partial charge in [0.1, 0.15) is 0 Å². The van der Waals surface area contributed by atoms with E-state index in [-0.39, 0.29) is 5.91 Å². The molecule has 0 aromatic carbocycles. The van der Waals surface area contributed by atoms with Gasteiger partial charge in [-0.1, -0.05) is 11.8 Å². The maximum atomic E-state index is 11.2. The van der Waals surface area contributed by atoms with Gasteiger partial charge < -0.3 is 9.47 Å². The van der Waals surface area contributed by atoms with E-state index in [0.717, 1.165) is 36.8 Å². The second-order valence-electron chi connectivity index (χ2n) is 4.58. The van der Waals surface area contributed by atoms with E-state index < -0.39 is 0 Å². The Hall–Kier alpha value is -0.970. The van der Waals surface area contributed by atoms with E-state index >= 15 is 0 Å². The number of piperidine rings is 1. The Balaban J connectivity index is 1.75. The van der Waals surface area contributed by atoms with Crippen LogP contribution in [0, 0.1) is 5.92 Å². The smallest absolute Gasteiger partial charge is 0.219 e. The summed E-state index contributed by atoms with van der Waals surface area (Å²) >= 11 is 1.82. The van der Waals surface area contributed by atoms with Gasteiger partial charge in [-0.3, -0.25) is 4.79 Å². The Morgan fingerprint density at radius 1 is 1.53 bits per heavy atom. The third-order valence-electron chi connectivity index (χ3n) is 3.28. The summed E-state index contributed by atoms with van der Waals surface area (Å²) in [7, 11) is 2.02. The largest absolute Gasteiger partial charge is 0.343 e. The van der Waals surface area contributed by atoms with Gasteiger partial charge in [0.05, 0.1) is 0 Å². The fourth-order valence-electron chi connectivity index (χ4n) is 2.10. The van der Waals surface area contributed by atoms with Crippen LogP contribution in [0.5, 0.6) is 0 Å². The van der Waals surface area contributed by atoms with E-state index in [1.807, 2.05) is 36.1 Å². The van der Waals surface area contributed by atoms with Crippen molar-refractivity contribution in [2.45, 2.75) is 24.9 Å². The Labute approximate surface area is 106 Å². The van der Waals surface area contributed by atoms with Crippen LogP contribution >= 0.6 is 11.8 Å². The van der Waals surface area contributed by atoms with E-state index in [1.54, 1.807) is 6.92 Å². The first kappa shape index (κ1) is 12.5. The summed E-state index contributed by atoms with van der Waals surface area (Å²) < 4.78 is 2.05. The van der Waals surface area contributed by atoms with Gasteiger partial charge >= 0.3 is 0 Å². The maximum Gasteiger partial charge on any atom is 0.219 e. The van der Waals surface area contributed by atoms with Crippen LogP contribution in [0.25, 0.3) is 0 Å². The second kappa shape index (κ2) is 5.58. The molecule has 0 saturated carbocycles. The molecule has 2 heterocycles. The van der Waals surface area contributed by atoms with Crippen LogP contribution in [0.1, 0.15) is 19.8 Å². The minimum atomic E-state index is 0.209. The molecule has 5 heteroatoms. The molecule has 0 aliphatic carbocycles. The quantitative estimate of drug-likeness (QED) is 0.771. The molecule has 4 nitrogen and oxygen atoms in total. The van der Waals surface area contributed by atoms with Crippen LogP contribution in [0.15, 0.2) is 17.6 Å². The Morgan fingerprint density at radius 2 is 2.24 bits per heavy atom. The van der Waals surface area contributed by atoms with Crippen LogP contribution in [-0.4, -0.2) is 39.2 Å². The lowest BCUT2D eigenvalue weighted by molar-refractivity contribution is -0.130. The number of likely N-dealkylation sites (tertiary alicyclic amines) is 1. The van der Waals surface area contributed by atoms with Gasteiger partial charge in [0, 0.05) is 45.2 Å². The molecular weight excluding hydrogens is 234 g/mol. The van der Waals surface area contributed by atoms with Crippen molar-refractivity contribution in [1.29, 1.82) is 0 Å². The summed E-state index contributed by atoms with van der Waals surface area (Å²) in [4.78, 5) is 17.5. The van der Waals surface area contributed by atoms with Crippen LogP contribution in [-0.2, 0) is 11.8 Å². The molecule has 0 radical (unpaired) electrons. The Morgan fingerprint density at radius 3 is 2.76 bits per heavy atom. The summed E-state index contributed by atoms with van der Waals surface area (Å²) in [6, 6.07) is 0. The molecular formula is C12H19N3OS. The van der Waals surface area contributed by atoms with Gasteiger partial charge in [0.2, 0.25) is 5.91 Å². The predicted molar refractivity (Wildman–Crippen MR) is 68.9 cm³/mol. The summed E-state index contributed by atoms with van der Waals surface area (Å²) in [6.45, 7) is 3.49. The van der Waals surface area contributed by atoms with Gasteiger partial charge in [-0.05, 0) is 18.8 Å². The molecule has 1 fully saturated rings. The van der Waals surface area contributed by atoms with E-state index in [1.165, 1.54) is 0 Å². The topological polar surface area (TPSA) is 38.1 Å².